The molecule has 5 heteroatoms. The monoisotopic (exact) mass is 222 g/mol. The van der Waals surface area contributed by atoms with Gasteiger partial charge in [0.1, 0.15) is 5.02 Å². The molecule has 0 bridgehead atoms. The van der Waals surface area contributed by atoms with Crippen molar-refractivity contribution in [2.75, 3.05) is 0 Å². The van der Waals surface area contributed by atoms with E-state index in [2.05, 4.69) is 4.98 Å². The van der Waals surface area contributed by atoms with Gasteiger partial charge in [0.05, 0.1) is 5.69 Å². The zero-order chi connectivity index (χ0) is 10.8. The number of hydrogen-bond acceptors (Lipinski definition) is 2. The highest BCUT2D eigenvalue weighted by Crippen LogP contribution is 2.20. The van der Waals surface area contributed by atoms with Gasteiger partial charge < -0.3 is 4.98 Å². The predicted molar refractivity (Wildman–Crippen MR) is 58.1 cm³/mol. The first kappa shape index (κ1) is 9.73. The van der Waals surface area contributed by atoms with Crippen LogP contribution in [0.5, 0.6) is 0 Å². The lowest BCUT2D eigenvalue weighted by Crippen LogP contribution is -2.23. The summed E-state index contributed by atoms with van der Waals surface area (Å²) in [5.74, 6) is 0. The highest BCUT2D eigenvalue weighted by molar-refractivity contribution is 6.32. The normalized spacial score (nSPS) is 10.2. The molecule has 0 unspecified atom stereocenters. The van der Waals surface area contributed by atoms with Crippen molar-refractivity contribution in [3.63, 3.8) is 0 Å². The number of nitrogens with one attached hydrogen (secondary N) is 2. The minimum atomic E-state index is -0.584. The van der Waals surface area contributed by atoms with E-state index in [0.29, 0.717) is 11.3 Å². The molecule has 4 nitrogen and oxygen atoms in total. The molecular weight excluding hydrogens is 216 g/mol. The third-order valence-electron chi connectivity index (χ3n) is 1.95. The van der Waals surface area contributed by atoms with Gasteiger partial charge in [-0.3, -0.25) is 9.78 Å². The number of aromatic nitrogens is 2. The van der Waals surface area contributed by atoms with E-state index in [-0.39, 0.29) is 5.02 Å². The number of H-pyrrole nitrogens is 2. The van der Waals surface area contributed by atoms with Crippen molar-refractivity contribution >= 4 is 11.6 Å². The fourth-order valence-corrected chi connectivity index (χ4v) is 1.48. The second kappa shape index (κ2) is 3.74. The van der Waals surface area contributed by atoms with Crippen LogP contribution < -0.4 is 11.2 Å². The molecule has 0 atom stereocenters. The van der Waals surface area contributed by atoms with E-state index in [1.807, 2.05) is 11.1 Å². The Morgan fingerprint density at radius 1 is 1.00 bits per heavy atom. The Morgan fingerprint density at radius 2 is 1.67 bits per heavy atom. The SMILES string of the molecule is O=c1[nH]c(-c2ccccc2)c(Cl)c(=O)[nH]1. The van der Waals surface area contributed by atoms with Gasteiger partial charge in [0, 0.05) is 0 Å². The molecule has 0 saturated heterocycles. The third-order valence-corrected chi connectivity index (χ3v) is 2.31. The van der Waals surface area contributed by atoms with Gasteiger partial charge in [0.2, 0.25) is 0 Å². The average molecular weight is 223 g/mol. The molecule has 0 fully saturated rings. The Balaban J connectivity index is 2.74. The van der Waals surface area contributed by atoms with Crippen LogP contribution in [0.4, 0.5) is 0 Å². The smallest absolute Gasteiger partial charge is 0.305 e. The fraction of sp³-hybridized carbons (Fsp3) is 0. The summed E-state index contributed by atoms with van der Waals surface area (Å²) < 4.78 is 0. The lowest BCUT2D eigenvalue weighted by Gasteiger charge is -2.01. The van der Waals surface area contributed by atoms with Gasteiger partial charge in [-0.15, -0.1) is 0 Å². The Labute approximate surface area is 89.6 Å². The maximum Gasteiger partial charge on any atom is 0.326 e. The highest BCUT2D eigenvalue weighted by Gasteiger charge is 2.07. The van der Waals surface area contributed by atoms with Crippen LogP contribution in [-0.2, 0) is 0 Å². The summed E-state index contributed by atoms with van der Waals surface area (Å²) in [5.41, 5.74) is -0.112. The van der Waals surface area contributed by atoms with Gasteiger partial charge >= 0.3 is 5.69 Å². The predicted octanol–water partition coefficient (Wildman–Crippen LogP) is 1.38. The van der Waals surface area contributed by atoms with Gasteiger partial charge in [-0.25, -0.2) is 4.79 Å². The molecule has 0 aliphatic rings. The van der Waals surface area contributed by atoms with Crippen molar-refractivity contribution in [2.45, 2.75) is 0 Å². The van der Waals surface area contributed by atoms with Gasteiger partial charge in [-0.05, 0) is 5.56 Å². The molecule has 76 valence electrons. The highest BCUT2D eigenvalue weighted by atomic mass is 35.5. The first-order chi connectivity index (χ1) is 7.18. The molecule has 2 N–H and O–H groups in total. The lowest BCUT2D eigenvalue weighted by molar-refractivity contribution is 1.04. The summed E-state index contributed by atoms with van der Waals surface area (Å²) in [6.07, 6.45) is 0. The average Bonchev–Trinajstić information content (AvgIpc) is 2.24. The van der Waals surface area contributed by atoms with Crippen LogP contribution in [0.2, 0.25) is 5.02 Å². The van der Waals surface area contributed by atoms with Gasteiger partial charge in [0.15, 0.2) is 0 Å². The maximum atomic E-state index is 11.2. The lowest BCUT2D eigenvalue weighted by atomic mass is 10.1. The summed E-state index contributed by atoms with van der Waals surface area (Å²) in [5, 5.41) is -0.0131. The molecule has 1 aromatic heterocycles. The van der Waals surface area contributed by atoms with Crippen molar-refractivity contribution in [3.8, 4) is 11.3 Å². The maximum absolute atomic E-state index is 11.2. The number of hydrogen-bond donors (Lipinski definition) is 2. The van der Waals surface area contributed by atoms with E-state index in [1.54, 1.807) is 24.3 Å². The Morgan fingerprint density at radius 3 is 2.33 bits per heavy atom. The Bertz CT molecular complexity index is 586. The van der Waals surface area contributed by atoms with Gasteiger partial charge in [0.25, 0.3) is 5.56 Å². The summed E-state index contributed by atoms with van der Waals surface area (Å²) >= 11 is 5.79. The quantitative estimate of drug-likeness (QED) is 0.766. The Kier molecular flexibility index (Phi) is 2.43. The first-order valence-electron chi connectivity index (χ1n) is 4.26. The molecule has 2 rings (SSSR count). The molecule has 0 saturated carbocycles. The summed E-state index contributed by atoms with van der Waals surface area (Å²) in [4.78, 5) is 26.8. The summed E-state index contributed by atoms with van der Waals surface area (Å²) in [6.45, 7) is 0. The minimum Gasteiger partial charge on any atom is -0.305 e. The van der Waals surface area contributed by atoms with Crippen LogP contribution in [0.15, 0.2) is 39.9 Å². The molecule has 15 heavy (non-hydrogen) atoms. The second-order valence-electron chi connectivity index (χ2n) is 2.96. The van der Waals surface area contributed by atoms with Crippen molar-refractivity contribution < 1.29 is 0 Å². The van der Waals surface area contributed by atoms with E-state index in [0.717, 1.165) is 0 Å². The van der Waals surface area contributed by atoms with Crippen molar-refractivity contribution in [2.24, 2.45) is 0 Å². The number of benzene rings is 1. The largest absolute Gasteiger partial charge is 0.326 e. The molecule has 0 aliphatic heterocycles. The molecule has 1 aromatic carbocycles. The fourth-order valence-electron chi connectivity index (χ4n) is 1.27. The van der Waals surface area contributed by atoms with Crippen molar-refractivity contribution in [1.29, 1.82) is 0 Å². The standard InChI is InChI=1S/C10H7ClN2O2/c11-7-8(6-4-2-1-3-5-6)12-10(15)13-9(7)14/h1-5H,(H2,12,13,14,15). The number of rotatable bonds is 1. The van der Waals surface area contributed by atoms with Crippen molar-refractivity contribution in [1.82, 2.24) is 9.97 Å². The second-order valence-corrected chi connectivity index (χ2v) is 3.34. The van der Waals surface area contributed by atoms with E-state index in [9.17, 15) is 9.59 Å². The summed E-state index contributed by atoms with van der Waals surface area (Å²) in [7, 11) is 0. The van der Waals surface area contributed by atoms with Gasteiger partial charge in [-0.2, -0.15) is 0 Å². The van der Waals surface area contributed by atoms with Crippen LogP contribution in [0.1, 0.15) is 0 Å². The minimum absolute atomic E-state index is 0.0131. The molecule has 2 aromatic rings. The van der Waals surface area contributed by atoms with Crippen LogP contribution >= 0.6 is 11.6 Å². The molecule has 0 amide bonds. The topological polar surface area (TPSA) is 65.7 Å². The van der Waals surface area contributed by atoms with Crippen LogP contribution in [-0.4, -0.2) is 9.97 Å². The third kappa shape index (κ3) is 1.85. The van der Waals surface area contributed by atoms with Crippen LogP contribution in [0.25, 0.3) is 11.3 Å². The molecular formula is C10H7ClN2O2. The first-order valence-corrected chi connectivity index (χ1v) is 4.64. The molecule has 1 heterocycles. The molecule has 0 spiro atoms. The molecule has 0 aliphatic carbocycles. The van der Waals surface area contributed by atoms with Crippen molar-refractivity contribution in [3.05, 3.63) is 56.2 Å². The zero-order valence-electron chi connectivity index (χ0n) is 7.58. The van der Waals surface area contributed by atoms with E-state index in [4.69, 9.17) is 11.6 Å². The van der Waals surface area contributed by atoms with E-state index in [1.165, 1.54) is 0 Å². The number of halogens is 1. The van der Waals surface area contributed by atoms with Crippen LogP contribution in [0, 0.1) is 0 Å². The molecule has 0 radical (unpaired) electrons. The number of aromatic amines is 2. The summed E-state index contributed by atoms with van der Waals surface area (Å²) in [6, 6.07) is 8.95. The van der Waals surface area contributed by atoms with E-state index >= 15 is 0 Å². The Hall–Kier alpha value is -1.81. The zero-order valence-corrected chi connectivity index (χ0v) is 8.34. The van der Waals surface area contributed by atoms with Crippen LogP contribution in [0.3, 0.4) is 0 Å². The van der Waals surface area contributed by atoms with E-state index < -0.39 is 11.2 Å². The van der Waals surface area contributed by atoms with Gasteiger partial charge in [-0.1, -0.05) is 41.9 Å².